The van der Waals surface area contributed by atoms with Crippen molar-refractivity contribution in [3.8, 4) is 5.75 Å². The molecule has 2 aromatic rings. The third-order valence-corrected chi connectivity index (χ3v) is 3.85. The van der Waals surface area contributed by atoms with E-state index in [0.29, 0.717) is 0 Å². The van der Waals surface area contributed by atoms with Crippen molar-refractivity contribution in [2.75, 3.05) is 11.8 Å². The van der Waals surface area contributed by atoms with E-state index in [9.17, 15) is 12.8 Å². The molecule has 0 radical (unpaired) electrons. The molecule has 0 amide bonds. The molecular formula is C13H12FNO3S. The Morgan fingerprint density at radius 1 is 1.11 bits per heavy atom. The van der Waals surface area contributed by atoms with E-state index in [2.05, 4.69) is 4.72 Å². The van der Waals surface area contributed by atoms with Gasteiger partial charge in [-0.2, -0.15) is 0 Å². The normalized spacial score (nSPS) is 11.1. The van der Waals surface area contributed by atoms with Gasteiger partial charge in [-0.15, -0.1) is 0 Å². The van der Waals surface area contributed by atoms with Gasteiger partial charge in [0, 0.05) is 6.07 Å². The maximum absolute atomic E-state index is 13.5. The molecule has 0 unspecified atom stereocenters. The van der Waals surface area contributed by atoms with Gasteiger partial charge in [-0.05, 0) is 24.3 Å². The molecular weight excluding hydrogens is 269 g/mol. The lowest BCUT2D eigenvalue weighted by Gasteiger charge is -2.09. The van der Waals surface area contributed by atoms with Crippen LogP contribution in [0.15, 0.2) is 53.4 Å². The third kappa shape index (κ3) is 3.03. The smallest absolute Gasteiger partial charge is 0.261 e. The first-order valence-corrected chi connectivity index (χ1v) is 6.92. The molecule has 0 bridgehead atoms. The Morgan fingerprint density at radius 3 is 2.37 bits per heavy atom. The minimum atomic E-state index is -3.71. The van der Waals surface area contributed by atoms with Crippen molar-refractivity contribution in [3.05, 3.63) is 54.3 Å². The van der Waals surface area contributed by atoms with Crippen LogP contribution < -0.4 is 9.46 Å². The highest BCUT2D eigenvalue weighted by atomic mass is 32.2. The molecule has 0 aliphatic carbocycles. The van der Waals surface area contributed by atoms with Gasteiger partial charge in [-0.1, -0.05) is 18.2 Å². The van der Waals surface area contributed by atoms with Gasteiger partial charge in [0.1, 0.15) is 0 Å². The molecule has 19 heavy (non-hydrogen) atoms. The van der Waals surface area contributed by atoms with Crippen LogP contribution >= 0.6 is 0 Å². The molecule has 0 saturated carbocycles. The van der Waals surface area contributed by atoms with Crippen molar-refractivity contribution in [3.63, 3.8) is 0 Å². The fourth-order valence-electron chi connectivity index (χ4n) is 1.54. The number of hydrogen-bond acceptors (Lipinski definition) is 3. The van der Waals surface area contributed by atoms with Crippen molar-refractivity contribution in [1.29, 1.82) is 0 Å². The number of anilines is 1. The summed E-state index contributed by atoms with van der Waals surface area (Å²) in [7, 11) is -2.37. The van der Waals surface area contributed by atoms with E-state index in [4.69, 9.17) is 4.74 Å². The van der Waals surface area contributed by atoms with Crippen molar-refractivity contribution in [2.45, 2.75) is 4.90 Å². The minimum Gasteiger partial charge on any atom is -0.494 e. The molecule has 0 saturated heterocycles. The Balaban J connectivity index is 2.29. The van der Waals surface area contributed by atoms with Gasteiger partial charge in [-0.3, -0.25) is 4.72 Å². The molecule has 0 spiro atoms. The fraction of sp³-hybridized carbons (Fsp3) is 0.0769. The lowest BCUT2D eigenvalue weighted by molar-refractivity contribution is 0.386. The largest absolute Gasteiger partial charge is 0.494 e. The van der Waals surface area contributed by atoms with E-state index in [0.717, 1.165) is 6.07 Å². The molecule has 1 N–H and O–H groups in total. The Kier molecular flexibility index (Phi) is 3.71. The molecule has 2 aromatic carbocycles. The lowest BCUT2D eigenvalue weighted by Crippen LogP contribution is -2.12. The quantitative estimate of drug-likeness (QED) is 0.937. The first-order chi connectivity index (χ1) is 9.03. The fourth-order valence-corrected chi connectivity index (χ4v) is 2.61. The van der Waals surface area contributed by atoms with Crippen LogP contribution in [0.3, 0.4) is 0 Å². The Hall–Kier alpha value is -2.08. The zero-order valence-electron chi connectivity index (χ0n) is 10.1. The molecule has 4 nitrogen and oxygen atoms in total. The standard InChI is InChI=1S/C13H12FNO3S/c1-18-13-8-7-10(9-12(13)14)15-19(16,17)11-5-3-2-4-6-11/h2-9,15H,1H3. The van der Waals surface area contributed by atoms with Crippen LogP contribution in [-0.4, -0.2) is 15.5 Å². The highest BCUT2D eigenvalue weighted by molar-refractivity contribution is 7.92. The van der Waals surface area contributed by atoms with Crippen molar-refractivity contribution in [1.82, 2.24) is 0 Å². The van der Waals surface area contributed by atoms with Crippen molar-refractivity contribution < 1.29 is 17.5 Å². The summed E-state index contributed by atoms with van der Waals surface area (Å²) in [6, 6.07) is 11.7. The van der Waals surface area contributed by atoms with E-state index in [1.165, 1.54) is 31.4 Å². The number of rotatable bonds is 4. The SMILES string of the molecule is COc1ccc(NS(=O)(=O)c2ccccc2)cc1F. The molecule has 0 fully saturated rings. The van der Waals surface area contributed by atoms with Crippen molar-refractivity contribution >= 4 is 15.7 Å². The second kappa shape index (κ2) is 5.27. The average Bonchev–Trinajstić information content (AvgIpc) is 2.39. The number of sulfonamides is 1. The highest BCUT2D eigenvalue weighted by Crippen LogP contribution is 2.22. The van der Waals surface area contributed by atoms with Crippen LogP contribution in [0.5, 0.6) is 5.75 Å². The maximum Gasteiger partial charge on any atom is 0.261 e. The highest BCUT2D eigenvalue weighted by Gasteiger charge is 2.14. The molecule has 100 valence electrons. The second-order valence-electron chi connectivity index (χ2n) is 3.77. The monoisotopic (exact) mass is 281 g/mol. The minimum absolute atomic E-state index is 0.0580. The van der Waals surface area contributed by atoms with Crippen LogP contribution in [0.2, 0.25) is 0 Å². The summed E-state index contributed by atoms with van der Waals surface area (Å²) in [5.74, 6) is -0.571. The first-order valence-electron chi connectivity index (χ1n) is 5.44. The van der Waals surface area contributed by atoms with Gasteiger partial charge >= 0.3 is 0 Å². The van der Waals surface area contributed by atoms with E-state index < -0.39 is 15.8 Å². The molecule has 0 aliphatic rings. The summed E-state index contributed by atoms with van der Waals surface area (Å²) < 4.78 is 44.5. The first kappa shape index (κ1) is 13.4. The average molecular weight is 281 g/mol. The topological polar surface area (TPSA) is 55.4 Å². The van der Waals surface area contributed by atoms with Gasteiger partial charge in [0.2, 0.25) is 0 Å². The van der Waals surface area contributed by atoms with Gasteiger partial charge in [-0.25, -0.2) is 12.8 Å². The van der Waals surface area contributed by atoms with Crippen LogP contribution in [0.4, 0.5) is 10.1 Å². The molecule has 2 rings (SSSR count). The molecule has 0 aliphatic heterocycles. The van der Waals surface area contributed by atoms with E-state index in [1.807, 2.05) is 0 Å². The predicted octanol–water partition coefficient (Wildman–Crippen LogP) is 2.64. The summed E-state index contributed by atoms with van der Waals surface area (Å²) in [4.78, 5) is 0.117. The number of nitrogens with one attached hydrogen (secondary N) is 1. The number of halogens is 1. The number of benzene rings is 2. The summed E-state index contributed by atoms with van der Waals surface area (Å²) >= 11 is 0. The second-order valence-corrected chi connectivity index (χ2v) is 5.45. The Bertz CT molecular complexity index is 672. The summed E-state index contributed by atoms with van der Waals surface area (Å²) in [5.41, 5.74) is 0.141. The summed E-state index contributed by atoms with van der Waals surface area (Å²) in [6.07, 6.45) is 0. The van der Waals surface area contributed by atoms with Gasteiger partial charge in [0.25, 0.3) is 10.0 Å². The number of ether oxygens (including phenoxy) is 1. The van der Waals surface area contributed by atoms with Gasteiger partial charge in [0.05, 0.1) is 17.7 Å². The molecule has 0 heterocycles. The van der Waals surface area contributed by atoms with E-state index in [-0.39, 0.29) is 16.3 Å². The van der Waals surface area contributed by atoms with Crippen LogP contribution in [-0.2, 0) is 10.0 Å². The molecule has 0 aromatic heterocycles. The van der Waals surface area contributed by atoms with Crippen molar-refractivity contribution in [2.24, 2.45) is 0 Å². The van der Waals surface area contributed by atoms with Crippen LogP contribution in [0, 0.1) is 5.82 Å². The predicted molar refractivity (Wildman–Crippen MR) is 70.2 cm³/mol. The summed E-state index contributed by atoms with van der Waals surface area (Å²) in [5, 5.41) is 0. The van der Waals surface area contributed by atoms with E-state index >= 15 is 0 Å². The summed E-state index contributed by atoms with van der Waals surface area (Å²) in [6.45, 7) is 0. The lowest BCUT2D eigenvalue weighted by atomic mass is 10.3. The van der Waals surface area contributed by atoms with E-state index in [1.54, 1.807) is 18.2 Å². The van der Waals surface area contributed by atoms with Gasteiger partial charge in [0.15, 0.2) is 11.6 Å². The zero-order valence-corrected chi connectivity index (χ0v) is 10.9. The van der Waals surface area contributed by atoms with Crippen LogP contribution in [0.25, 0.3) is 0 Å². The third-order valence-electron chi connectivity index (χ3n) is 2.46. The molecule has 6 heteroatoms. The van der Waals surface area contributed by atoms with Gasteiger partial charge < -0.3 is 4.74 Å². The maximum atomic E-state index is 13.5. The Morgan fingerprint density at radius 2 is 1.79 bits per heavy atom. The zero-order chi connectivity index (χ0) is 13.9. The molecule has 0 atom stereocenters. The Labute approximate surface area is 110 Å². The number of methoxy groups -OCH3 is 1. The van der Waals surface area contributed by atoms with Crippen LogP contribution in [0.1, 0.15) is 0 Å². The number of hydrogen-bond donors (Lipinski definition) is 1.